The molecule has 0 aliphatic carbocycles. The molecule has 4 bridgehead atoms. The van der Waals surface area contributed by atoms with Gasteiger partial charge in [-0.1, -0.05) is 52.0 Å². The summed E-state index contributed by atoms with van der Waals surface area (Å²) in [5, 5.41) is 0. The van der Waals surface area contributed by atoms with Crippen molar-refractivity contribution in [3.63, 3.8) is 0 Å². The van der Waals surface area contributed by atoms with E-state index in [9.17, 15) is 9.59 Å². The lowest BCUT2D eigenvalue weighted by molar-refractivity contribution is -0.323. The van der Waals surface area contributed by atoms with Crippen LogP contribution in [0, 0.1) is 10.8 Å². The molecule has 0 saturated carbocycles. The van der Waals surface area contributed by atoms with Crippen LogP contribution in [0.1, 0.15) is 59.5 Å². The summed E-state index contributed by atoms with van der Waals surface area (Å²) in [4.78, 5) is 25.8. The fourth-order valence-electron chi connectivity index (χ4n) is 4.34. The van der Waals surface area contributed by atoms with Crippen molar-refractivity contribution in [2.75, 3.05) is 39.6 Å². The SMILES string of the molecule is CC1(C)COC2(COC(=O)c3cccc(c3)C(=O)OCC3(OCC(C)(C)CO3)c3cccc2c3)OC1. The number of hydrogen-bond acceptors (Lipinski definition) is 8. The molecule has 36 heavy (non-hydrogen) atoms. The van der Waals surface area contributed by atoms with Gasteiger partial charge in [-0.2, -0.15) is 0 Å². The maximum absolute atomic E-state index is 12.9. The van der Waals surface area contributed by atoms with Gasteiger partial charge in [0.05, 0.1) is 37.6 Å². The van der Waals surface area contributed by atoms with Crippen LogP contribution < -0.4 is 0 Å². The standard InChI is InChI=1S/C28H32O8/c1-25(2)13-33-27(34-14-25)17-31-23(29)19-7-5-8-20(11-19)24(30)32-18-28(22-10-6-9-21(27)12-22)35-15-26(3,4)16-36-28/h5-12H,13-18H2,1-4H3. The number of esters is 2. The molecule has 8 nitrogen and oxygen atoms in total. The first kappa shape index (κ1) is 24.9. The number of ether oxygens (including phenoxy) is 6. The van der Waals surface area contributed by atoms with Gasteiger partial charge in [0.25, 0.3) is 0 Å². The Morgan fingerprint density at radius 3 is 1.36 bits per heavy atom. The largest absolute Gasteiger partial charge is 0.456 e. The van der Waals surface area contributed by atoms with Crippen LogP contribution >= 0.6 is 0 Å². The lowest BCUT2D eigenvalue weighted by atomic mass is 9.91. The molecule has 3 aliphatic rings. The number of carbonyl (C=O) groups is 2. The van der Waals surface area contributed by atoms with Crippen molar-refractivity contribution >= 4 is 11.9 Å². The number of hydrogen-bond donors (Lipinski definition) is 0. The third kappa shape index (κ3) is 4.78. The summed E-state index contributed by atoms with van der Waals surface area (Å²) >= 11 is 0. The van der Waals surface area contributed by atoms with Crippen molar-refractivity contribution in [1.29, 1.82) is 0 Å². The first-order valence-corrected chi connectivity index (χ1v) is 12.1. The summed E-state index contributed by atoms with van der Waals surface area (Å²) in [7, 11) is 0. The maximum Gasteiger partial charge on any atom is 0.338 e. The van der Waals surface area contributed by atoms with E-state index in [4.69, 9.17) is 28.4 Å². The first-order chi connectivity index (χ1) is 17.0. The summed E-state index contributed by atoms with van der Waals surface area (Å²) in [6.07, 6.45) is 0. The van der Waals surface area contributed by atoms with Crippen LogP contribution in [0.4, 0.5) is 0 Å². The smallest absolute Gasteiger partial charge is 0.338 e. The highest BCUT2D eigenvalue weighted by Crippen LogP contribution is 2.41. The van der Waals surface area contributed by atoms with Gasteiger partial charge in [-0.05, 0) is 24.3 Å². The average molecular weight is 497 g/mol. The Morgan fingerprint density at radius 1 is 0.556 bits per heavy atom. The van der Waals surface area contributed by atoms with Crippen molar-refractivity contribution in [2.45, 2.75) is 39.3 Å². The van der Waals surface area contributed by atoms with E-state index in [-0.39, 0.29) is 35.2 Å². The zero-order valence-electron chi connectivity index (χ0n) is 21.1. The highest BCUT2D eigenvalue weighted by Gasteiger charge is 2.47. The molecule has 0 unspecified atom stereocenters. The minimum Gasteiger partial charge on any atom is -0.456 e. The Hall–Kier alpha value is -2.78. The minimum atomic E-state index is -1.31. The molecule has 0 amide bonds. The van der Waals surface area contributed by atoms with Gasteiger partial charge in [-0.3, -0.25) is 0 Å². The highest BCUT2D eigenvalue weighted by atomic mass is 16.7. The summed E-state index contributed by atoms with van der Waals surface area (Å²) in [5.41, 5.74) is 1.35. The molecule has 2 aromatic rings. The third-order valence-corrected chi connectivity index (χ3v) is 6.65. The van der Waals surface area contributed by atoms with Gasteiger partial charge in [0.2, 0.25) is 11.6 Å². The molecule has 2 spiro atoms. The van der Waals surface area contributed by atoms with Crippen LogP contribution in [0.15, 0.2) is 48.5 Å². The second-order valence-corrected chi connectivity index (χ2v) is 11.3. The summed E-state index contributed by atoms with van der Waals surface area (Å²) < 4.78 is 36.5. The molecule has 5 rings (SSSR count). The predicted molar refractivity (Wildman–Crippen MR) is 128 cm³/mol. The van der Waals surface area contributed by atoms with Gasteiger partial charge in [0.1, 0.15) is 0 Å². The van der Waals surface area contributed by atoms with Gasteiger partial charge in [0.15, 0.2) is 13.2 Å². The van der Waals surface area contributed by atoms with Gasteiger partial charge >= 0.3 is 11.9 Å². The van der Waals surface area contributed by atoms with Gasteiger partial charge < -0.3 is 28.4 Å². The molecule has 192 valence electrons. The van der Waals surface area contributed by atoms with E-state index in [1.54, 1.807) is 18.2 Å². The molecule has 3 aliphatic heterocycles. The number of carbonyl (C=O) groups excluding carboxylic acids is 2. The lowest BCUT2D eigenvalue weighted by Crippen LogP contribution is -2.50. The van der Waals surface area contributed by atoms with E-state index in [0.717, 1.165) is 0 Å². The second-order valence-electron chi connectivity index (χ2n) is 11.3. The first-order valence-electron chi connectivity index (χ1n) is 12.1. The molecule has 0 radical (unpaired) electrons. The summed E-state index contributed by atoms with van der Waals surface area (Å²) in [6.45, 7) is 9.50. The zero-order chi connectivity index (χ0) is 25.6. The second kappa shape index (κ2) is 8.95. The van der Waals surface area contributed by atoms with Crippen LogP contribution in [0.2, 0.25) is 0 Å². The Morgan fingerprint density at radius 2 is 0.944 bits per heavy atom. The number of fused-ring (bicyclic) bond motifs is 6. The van der Waals surface area contributed by atoms with Crippen molar-refractivity contribution in [1.82, 2.24) is 0 Å². The van der Waals surface area contributed by atoms with Crippen molar-refractivity contribution < 1.29 is 38.0 Å². The highest BCUT2D eigenvalue weighted by molar-refractivity contribution is 5.95. The molecular weight excluding hydrogens is 464 g/mol. The van der Waals surface area contributed by atoms with E-state index in [1.807, 2.05) is 52.0 Å². The predicted octanol–water partition coefficient (Wildman–Crippen LogP) is 4.17. The molecule has 3 heterocycles. The average Bonchev–Trinajstić information content (AvgIpc) is 2.87. The molecule has 2 fully saturated rings. The van der Waals surface area contributed by atoms with Gasteiger partial charge in [-0.15, -0.1) is 0 Å². The Labute approximate surface area is 210 Å². The van der Waals surface area contributed by atoms with E-state index in [0.29, 0.717) is 37.6 Å². The molecule has 0 N–H and O–H groups in total. The molecular formula is C28H32O8. The number of cyclic esters (lactones) is 2. The molecule has 2 aromatic carbocycles. The Bertz CT molecular complexity index is 1070. The van der Waals surface area contributed by atoms with Crippen molar-refractivity contribution in [3.8, 4) is 0 Å². The normalized spacial score (nSPS) is 24.4. The van der Waals surface area contributed by atoms with Crippen LogP contribution in [0.5, 0.6) is 0 Å². The Kier molecular flexibility index (Phi) is 6.19. The van der Waals surface area contributed by atoms with E-state index >= 15 is 0 Å². The molecule has 0 atom stereocenters. The molecule has 8 heteroatoms. The fourth-order valence-corrected chi connectivity index (χ4v) is 4.34. The van der Waals surface area contributed by atoms with E-state index in [1.165, 1.54) is 6.07 Å². The topological polar surface area (TPSA) is 89.5 Å². The number of rotatable bonds is 0. The number of benzene rings is 2. The Balaban J connectivity index is 1.60. The van der Waals surface area contributed by atoms with Crippen LogP contribution in [0.3, 0.4) is 0 Å². The zero-order valence-corrected chi connectivity index (χ0v) is 21.1. The van der Waals surface area contributed by atoms with E-state index < -0.39 is 23.5 Å². The van der Waals surface area contributed by atoms with Gasteiger partial charge in [0, 0.05) is 22.0 Å². The van der Waals surface area contributed by atoms with Gasteiger partial charge in [-0.25, -0.2) is 9.59 Å². The maximum atomic E-state index is 12.9. The van der Waals surface area contributed by atoms with E-state index in [2.05, 4.69) is 0 Å². The van der Waals surface area contributed by atoms with Crippen LogP contribution in [-0.2, 0) is 40.0 Å². The van der Waals surface area contributed by atoms with Crippen LogP contribution in [0.25, 0.3) is 0 Å². The fraction of sp³-hybridized carbons (Fsp3) is 0.500. The van der Waals surface area contributed by atoms with Crippen molar-refractivity contribution in [2.24, 2.45) is 10.8 Å². The molecule has 0 aromatic heterocycles. The van der Waals surface area contributed by atoms with Crippen LogP contribution in [-0.4, -0.2) is 51.6 Å². The third-order valence-electron chi connectivity index (χ3n) is 6.65. The quantitative estimate of drug-likeness (QED) is 0.502. The molecule has 2 saturated heterocycles. The lowest BCUT2D eigenvalue weighted by Gasteiger charge is -2.45. The minimum absolute atomic E-state index is 0.165. The summed E-state index contributed by atoms with van der Waals surface area (Å²) in [5.74, 6) is -3.80. The monoisotopic (exact) mass is 496 g/mol. The summed E-state index contributed by atoms with van der Waals surface area (Å²) in [6, 6.07) is 13.6. The van der Waals surface area contributed by atoms with Crippen molar-refractivity contribution in [3.05, 3.63) is 70.8 Å².